The van der Waals surface area contributed by atoms with Gasteiger partial charge >= 0.3 is 0 Å². The molecule has 17 heteroatoms. The quantitative estimate of drug-likeness (QED) is 0.0922. The number of ether oxygens (including phenoxy) is 1. The highest BCUT2D eigenvalue weighted by Crippen LogP contribution is 2.26. The van der Waals surface area contributed by atoms with Crippen LogP contribution in [0.5, 0.6) is 5.75 Å². The van der Waals surface area contributed by atoms with Crippen LogP contribution in [0.3, 0.4) is 0 Å². The van der Waals surface area contributed by atoms with Gasteiger partial charge in [-0.15, -0.1) is 0 Å². The van der Waals surface area contributed by atoms with Gasteiger partial charge in [0.2, 0.25) is 11.9 Å². The lowest BCUT2D eigenvalue weighted by molar-refractivity contribution is -0.384. The molecule has 4 aromatic heterocycles. The number of anilines is 6. The average Bonchev–Trinajstić information content (AvgIpc) is 3.66. The number of rotatable bonds is 8. The molecule has 6 N–H and O–H groups in total. The predicted octanol–water partition coefficient (Wildman–Crippen LogP) is 6.96. The fourth-order valence-corrected chi connectivity index (χ4v) is 5.74. The Morgan fingerprint density at radius 1 is 0.667 bits per heavy atom. The average molecular weight is 726 g/mol. The van der Waals surface area contributed by atoms with Crippen LogP contribution in [0.4, 0.5) is 45.0 Å². The topological polar surface area (TPSA) is 216 Å². The molecule has 0 radical (unpaired) electrons. The van der Waals surface area contributed by atoms with Gasteiger partial charge in [-0.3, -0.25) is 19.2 Å². The molecule has 0 spiro atoms. The van der Waals surface area contributed by atoms with Crippen LogP contribution in [0.1, 0.15) is 11.6 Å². The zero-order chi connectivity index (χ0) is 37.9. The third kappa shape index (κ3) is 7.35. The summed E-state index contributed by atoms with van der Waals surface area (Å²) in [5, 5.41) is 16.9. The maximum atomic E-state index is 13.7. The summed E-state index contributed by atoms with van der Waals surface area (Å²) in [5.41, 5.74) is 16.4. The summed E-state index contributed by atoms with van der Waals surface area (Å²) < 4.78 is 22.5. The number of aryl methyl sites for hydroxylation is 2. The van der Waals surface area contributed by atoms with Crippen molar-refractivity contribution in [2.45, 2.75) is 13.8 Å². The SMILES string of the molecule is COc1ccc(Nc2nc(N)cc(-n3c(C)nc4ccc(F)cc43)n2)cc1.Cc1nc2ccccc2n1-c1cc(N)nc(Nc2ccc([N+](=O)[O-])cc2)n1. The molecule has 0 unspecified atom stereocenters. The number of non-ortho nitro benzene ring substituents is 1. The number of nitrogen functional groups attached to an aromatic ring is 2. The molecule has 54 heavy (non-hydrogen) atoms. The van der Waals surface area contributed by atoms with E-state index in [4.69, 9.17) is 16.2 Å². The van der Waals surface area contributed by atoms with Crippen molar-refractivity contribution in [3.05, 3.63) is 131 Å². The maximum absolute atomic E-state index is 13.7. The van der Waals surface area contributed by atoms with Crippen molar-refractivity contribution in [1.82, 2.24) is 39.0 Å². The van der Waals surface area contributed by atoms with Crippen LogP contribution >= 0.6 is 0 Å². The molecule has 0 aliphatic heterocycles. The number of para-hydroxylation sites is 2. The Bertz CT molecular complexity index is 2640. The summed E-state index contributed by atoms with van der Waals surface area (Å²) >= 11 is 0. The van der Waals surface area contributed by atoms with E-state index >= 15 is 0 Å². The number of aromatic nitrogens is 8. The summed E-state index contributed by atoms with van der Waals surface area (Å²) in [6, 6.07) is 28.8. The molecule has 0 saturated carbocycles. The molecule has 8 rings (SSSR count). The van der Waals surface area contributed by atoms with Crippen molar-refractivity contribution in [3.8, 4) is 17.4 Å². The third-order valence-electron chi connectivity index (χ3n) is 8.12. The third-order valence-corrected chi connectivity index (χ3v) is 8.12. The Kier molecular flexibility index (Phi) is 9.33. The normalized spacial score (nSPS) is 10.9. The molecule has 0 amide bonds. The molecular formula is C37H32FN13O3. The van der Waals surface area contributed by atoms with Gasteiger partial charge in [-0.2, -0.15) is 19.9 Å². The van der Waals surface area contributed by atoms with Crippen LogP contribution in [-0.2, 0) is 0 Å². The standard InChI is InChI=1S/C19H17FN6O.C18H15N7O2/c1-11-22-15-8-3-12(20)9-16(15)26(11)18-10-17(21)24-19(25-18)23-13-4-6-14(27-2)7-5-13;1-11-20-14-4-2-3-5-15(14)24(11)17-10-16(19)22-18(23-17)21-12-6-8-13(9-7-12)25(26)27/h3-10H,1-2H3,(H3,21,23,24,25);2-10H,1H3,(H3,19,21,22,23). The molecule has 4 heterocycles. The highest BCUT2D eigenvalue weighted by Gasteiger charge is 2.15. The predicted molar refractivity (Wildman–Crippen MR) is 204 cm³/mol. The van der Waals surface area contributed by atoms with Crippen molar-refractivity contribution >= 4 is 62.7 Å². The molecule has 0 aliphatic carbocycles. The number of imidazole rings is 2. The van der Waals surface area contributed by atoms with Gasteiger partial charge in [-0.05, 0) is 74.5 Å². The first-order chi connectivity index (χ1) is 26.0. The number of methoxy groups -OCH3 is 1. The van der Waals surface area contributed by atoms with Gasteiger partial charge in [-0.25, -0.2) is 14.4 Å². The van der Waals surface area contributed by atoms with E-state index in [0.717, 1.165) is 28.3 Å². The van der Waals surface area contributed by atoms with Crippen LogP contribution in [0.25, 0.3) is 33.7 Å². The number of nitro benzene ring substituents is 1. The van der Waals surface area contributed by atoms with Gasteiger partial charge in [0, 0.05) is 41.7 Å². The largest absolute Gasteiger partial charge is 0.497 e. The van der Waals surface area contributed by atoms with E-state index in [-0.39, 0.29) is 23.3 Å². The molecule has 16 nitrogen and oxygen atoms in total. The van der Waals surface area contributed by atoms with Gasteiger partial charge in [-0.1, -0.05) is 12.1 Å². The van der Waals surface area contributed by atoms with E-state index in [1.807, 2.05) is 66.9 Å². The monoisotopic (exact) mass is 725 g/mol. The molecule has 8 aromatic rings. The van der Waals surface area contributed by atoms with Crippen LogP contribution < -0.4 is 26.8 Å². The zero-order valence-electron chi connectivity index (χ0n) is 29.1. The number of halogens is 1. The Balaban J connectivity index is 0.000000167. The Morgan fingerprint density at radius 2 is 1.19 bits per heavy atom. The number of benzene rings is 4. The lowest BCUT2D eigenvalue weighted by Gasteiger charge is -2.11. The Morgan fingerprint density at radius 3 is 1.74 bits per heavy atom. The minimum absolute atomic E-state index is 0.00948. The second-order valence-electron chi connectivity index (χ2n) is 11.8. The van der Waals surface area contributed by atoms with E-state index in [9.17, 15) is 14.5 Å². The van der Waals surface area contributed by atoms with Gasteiger partial charge < -0.3 is 26.8 Å². The van der Waals surface area contributed by atoms with Crippen molar-refractivity contribution in [3.63, 3.8) is 0 Å². The van der Waals surface area contributed by atoms with Crippen LogP contribution in [0.15, 0.2) is 103 Å². The maximum Gasteiger partial charge on any atom is 0.269 e. The van der Waals surface area contributed by atoms with Gasteiger partial charge in [0.25, 0.3) is 5.69 Å². The molecule has 0 atom stereocenters. The van der Waals surface area contributed by atoms with Crippen molar-refractivity contribution in [1.29, 1.82) is 0 Å². The summed E-state index contributed by atoms with van der Waals surface area (Å²) in [7, 11) is 1.61. The zero-order valence-corrected chi connectivity index (χ0v) is 29.1. The fourth-order valence-electron chi connectivity index (χ4n) is 5.74. The molecule has 0 saturated heterocycles. The number of nitro groups is 1. The number of nitrogens with two attached hydrogens (primary N) is 2. The first-order valence-corrected chi connectivity index (χ1v) is 16.4. The van der Waals surface area contributed by atoms with Crippen molar-refractivity contribution in [2.24, 2.45) is 0 Å². The highest BCUT2D eigenvalue weighted by molar-refractivity contribution is 5.79. The minimum atomic E-state index is -0.453. The molecular weight excluding hydrogens is 693 g/mol. The van der Waals surface area contributed by atoms with Crippen molar-refractivity contribution < 1.29 is 14.1 Å². The molecule has 0 aliphatic rings. The minimum Gasteiger partial charge on any atom is -0.497 e. The van der Waals surface area contributed by atoms with E-state index in [2.05, 4.69) is 40.5 Å². The van der Waals surface area contributed by atoms with E-state index in [1.165, 1.54) is 24.3 Å². The lowest BCUT2D eigenvalue weighted by Crippen LogP contribution is -2.07. The number of hydrogen-bond donors (Lipinski definition) is 4. The first-order valence-electron chi connectivity index (χ1n) is 16.4. The number of nitrogens with zero attached hydrogens (tertiary/aromatic N) is 9. The van der Waals surface area contributed by atoms with Gasteiger partial charge in [0.1, 0.15) is 46.5 Å². The van der Waals surface area contributed by atoms with Gasteiger partial charge in [0.15, 0.2) is 0 Å². The van der Waals surface area contributed by atoms with Crippen LogP contribution in [0.2, 0.25) is 0 Å². The van der Waals surface area contributed by atoms with Crippen LogP contribution in [0, 0.1) is 29.8 Å². The Labute approximate surface area is 306 Å². The molecule has 0 fully saturated rings. The lowest BCUT2D eigenvalue weighted by atomic mass is 10.3. The smallest absolute Gasteiger partial charge is 0.269 e. The van der Waals surface area contributed by atoms with Gasteiger partial charge in [0.05, 0.1) is 34.1 Å². The van der Waals surface area contributed by atoms with E-state index < -0.39 is 4.92 Å². The summed E-state index contributed by atoms with van der Waals surface area (Å²) in [4.78, 5) is 36.8. The van der Waals surface area contributed by atoms with Crippen molar-refractivity contribution in [2.75, 3.05) is 29.2 Å². The highest BCUT2D eigenvalue weighted by atomic mass is 19.1. The second-order valence-corrected chi connectivity index (χ2v) is 11.8. The number of hydrogen-bond acceptors (Lipinski definition) is 13. The molecule has 270 valence electrons. The number of fused-ring (bicyclic) bond motifs is 2. The summed E-state index contributed by atoms with van der Waals surface area (Å²) in [6.45, 7) is 3.72. The summed E-state index contributed by atoms with van der Waals surface area (Å²) in [5.74, 6) is 4.13. The fraction of sp³-hybridized carbons (Fsp3) is 0.0811. The van der Waals surface area contributed by atoms with Crippen LogP contribution in [-0.4, -0.2) is 51.1 Å². The van der Waals surface area contributed by atoms with E-state index in [0.29, 0.717) is 45.9 Å². The second kappa shape index (κ2) is 14.5. The number of nitrogens with one attached hydrogen (secondary N) is 2. The molecule has 0 bridgehead atoms. The first kappa shape index (κ1) is 34.7. The Hall–Kier alpha value is -7.69. The van der Waals surface area contributed by atoms with E-state index in [1.54, 1.807) is 42.0 Å². The summed E-state index contributed by atoms with van der Waals surface area (Å²) in [6.07, 6.45) is 0. The molecule has 4 aromatic carbocycles.